The van der Waals surface area contributed by atoms with E-state index in [4.69, 9.17) is 14.2 Å². The molecule has 8 heteroatoms. The van der Waals surface area contributed by atoms with Crippen molar-refractivity contribution in [3.05, 3.63) is 86.3 Å². The first-order valence-electron chi connectivity index (χ1n) is 9.81. The first kappa shape index (κ1) is 23.8. The van der Waals surface area contributed by atoms with Gasteiger partial charge in [-0.1, -0.05) is 46.3 Å². The van der Waals surface area contributed by atoms with Crippen LogP contribution in [0, 0.1) is 0 Å². The molecule has 0 aliphatic carbocycles. The summed E-state index contributed by atoms with van der Waals surface area (Å²) in [5, 5.41) is 4.06. The Kier molecular flexibility index (Phi) is 8.70. The second-order valence-electron chi connectivity index (χ2n) is 6.58. The molecule has 3 aromatic carbocycles. The van der Waals surface area contributed by atoms with Gasteiger partial charge in [0.15, 0.2) is 11.5 Å². The second kappa shape index (κ2) is 11.7. The number of amides is 1. The van der Waals surface area contributed by atoms with E-state index >= 15 is 0 Å². The molecule has 3 aromatic rings. The van der Waals surface area contributed by atoms with Gasteiger partial charge in [-0.15, -0.1) is 0 Å². The Morgan fingerprint density at radius 2 is 1.81 bits per heavy atom. The maximum Gasteiger partial charge on any atom is 0.271 e. The van der Waals surface area contributed by atoms with Crippen LogP contribution in [0.15, 0.2) is 74.7 Å². The van der Waals surface area contributed by atoms with Crippen molar-refractivity contribution in [2.45, 2.75) is 13.5 Å². The molecule has 0 saturated carbocycles. The Morgan fingerprint density at radius 1 is 1.03 bits per heavy atom. The van der Waals surface area contributed by atoms with Crippen molar-refractivity contribution in [3.63, 3.8) is 0 Å². The van der Waals surface area contributed by atoms with Crippen LogP contribution in [0.4, 0.5) is 0 Å². The minimum Gasteiger partial charge on any atom is -0.495 e. The van der Waals surface area contributed by atoms with Crippen LogP contribution in [0.3, 0.4) is 0 Å². The van der Waals surface area contributed by atoms with Crippen LogP contribution >= 0.6 is 31.9 Å². The van der Waals surface area contributed by atoms with E-state index in [1.54, 1.807) is 25.3 Å². The van der Waals surface area contributed by atoms with Gasteiger partial charge in [0.05, 0.1) is 24.4 Å². The first-order chi connectivity index (χ1) is 15.5. The van der Waals surface area contributed by atoms with Crippen molar-refractivity contribution in [3.8, 4) is 17.2 Å². The number of hydrogen-bond donors (Lipinski definition) is 1. The molecule has 1 N–H and O–H groups in total. The van der Waals surface area contributed by atoms with Crippen molar-refractivity contribution in [1.82, 2.24) is 5.43 Å². The normalized spacial score (nSPS) is 10.8. The molecular formula is C24H22Br2N2O4. The standard InChI is InChI=1S/C24H22Br2N2O4/c1-3-31-22-12-17(9-10-21(22)32-15-16-7-5-4-6-8-16)24(29)28-27-14-18-11-19(25)13-20(26)23(18)30-2/h4-14H,3,15H2,1-2H3,(H,28,29)/b27-14+. The summed E-state index contributed by atoms with van der Waals surface area (Å²) in [5.41, 5.74) is 4.68. The Bertz CT molecular complexity index is 1100. The third-order valence-corrected chi connectivity index (χ3v) is 5.40. The molecule has 0 aromatic heterocycles. The molecule has 6 nitrogen and oxygen atoms in total. The minimum absolute atomic E-state index is 0.371. The van der Waals surface area contributed by atoms with Gasteiger partial charge in [-0.3, -0.25) is 4.79 Å². The van der Waals surface area contributed by atoms with Crippen LogP contribution < -0.4 is 19.6 Å². The highest BCUT2D eigenvalue weighted by atomic mass is 79.9. The number of rotatable bonds is 9. The van der Waals surface area contributed by atoms with Gasteiger partial charge in [-0.25, -0.2) is 5.43 Å². The topological polar surface area (TPSA) is 69.2 Å². The number of carbonyl (C=O) groups is 1. The van der Waals surface area contributed by atoms with Crippen LogP contribution in [-0.4, -0.2) is 25.8 Å². The molecule has 0 saturated heterocycles. The quantitative estimate of drug-likeness (QED) is 0.258. The lowest BCUT2D eigenvalue weighted by molar-refractivity contribution is 0.0954. The summed E-state index contributed by atoms with van der Waals surface area (Å²) in [6.45, 7) is 2.73. The molecule has 0 aliphatic heterocycles. The molecule has 0 fully saturated rings. The molecule has 166 valence electrons. The highest BCUT2D eigenvalue weighted by Crippen LogP contribution is 2.32. The Labute approximate surface area is 203 Å². The Hall–Kier alpha value is -2.84. The molecule has 0 atom stereocenters. The predicted octanol–water partition coefficient (Wildman–Crippen LogP) is 5.96. The Balaban J connectivity index is 1.71. The summed E-state index contributed by atoms with van der Waals surface area (Å²) in [6.07, 6.45) is 1.52. The molecule has 0 heterocycles. The van der Waals surface area contributed by atoms with E-state index in [-0.39, 0.29) is 5.91 Å². The largest absolute Gasteiger partial charge is 0.495 e. The van der Waals surface area contributed by atoms with Crippen LogP contribution in [0.2, 0.25) is 0 Å². The molecule has 0 unspecified atom stereocenters. The SMILES string of the molecule is CCOc1cc(C(=O)N/N=C/c2cc(Br)cc(Br)c2OC)ccc1OCc1ccccc1. The lowest BCUT2D eigenvalue weighted by Crippen LogP contribution is -2.18. The van der Waals surface area contributed by atoms with E-state index in [2.05, 4.69) is 42.4 Å². The zero-order valence-electron chi connectivity index (χ0n) is 17.6. The zero-order valence-corrected chi connectivity index (χ0v) is 20.8. The van der Waals surface area contributed by atoms with Crippen molar-refractivity contribution in [2.24, 2.45) is 5.10 Å². The maximum absolute atomic E-state index is 12.6. The molecule has 0 spiro atoms. The number of nitrogens with zero attached hydrogens (tertiary/aromatic N) is 1. The van der Waals surface area contributed by atoms with Crippen molar-refractivity contribution in [2.75, 3.05) is 13.7 Å². The molecule has 0 radical (unpaired) electrons. The average molecular weight is 562 g/mol. The van der Waals surface area contributed by atoms with E-state index in [1.165, 1.54) is 6.21 Å². The number of hydrogen-bond acceptors (Lipinski definition) is 5. The molecule has 0 aliphatic rings. The van der Waals surface area contributed by atoms with Crippen molar-refractivity contribution < 1.29 is 19.0 Å². The zero-order chi connectivity index (χ0) is 22.9. The highest BCUT2D eigenvalue weighted by Gasteiger charge is 2.12. The fraction of sp³-hybridized carbons (Fsp3) is 0.167. The van der Waals surface area contributed by atoms with Crippen LogP contribution in [-0.2, 0) is 6.61 Å². The van der Waals surface area contributed by atoms with Gasteiger partial charge in [0.1, 0.15) is 12.4 Å². The average Bonchev–Trinajstić information content (AvgIpc) is 2.79. The summed E-state index contributed by atoms with van der Waals surface area (Å²) in [4.78, 5) is 12.6. The van der Waals surface area contributed by atoms with Gasteiger partial charge < -0.3 is 14.2 Å². The summed E-state index contributed by atoms with van der Waals surface area (Å²) < 4.78 is 18.6. The van der Waals surface area contributed by atoms with Crippen LogP contribution in [0.1, 0.15) is 28.4 Å². The van der Waals surface area contributed by atoms with E-state index in [9.17, 15) is 4.79 Å². The molecule has 32 heavy (non-hydrogen) atoms. The van der Waals surface area contributed by atoms with Crippen LogP contribution in [0.5, 0.6) is 17.2 Å². The third kappa shape index (κ3) is 6.34. The fourth-order valence-electron chi connectivity index (χ4n) is 2.89. The van der Waals surface area contributed by atoms with Gasteiger partial charge in [-0.05, 0) is 58.7 Å². The Morgan fingerprint density at radius 3 is 2.53 bits per heavy atom. The summed E-state index contributed by atoms with van der Waals surface area (Å²) in [7, 11) is 1.57. The van der Waals surface area contributed by atoms with Gasteiger partial charge in [0, 0.05) is 15.6 Å². The number of ether oxygens (including phenoxy) is 3. The van der Waals surface area contributed by atoms with Gasteiger partial charge in [0.25, 0.3) is 5.91 Å². The lowest BCUT2D eigenvalue weighted by Gasteiger charge is -2.13. The van der Waals surface area contributed by atoms with Crippen molar-refractivity contribution >= 4 is 44.0 Å². The smallest absolute Gasteiger partial charge is 0.271 e. The molecular weight excluding hydrogens is 540 g/mol. The van der Waals surface area contributed by atoms with E-state index in [1.807, 2.05) is 49.4 Å². The maximum atomic E-state index is 12.6. The monoisotopic (exact) mass is 560 g/mol. The number of nitrogens with one attached hydrogen (secondary N) is 1. The van der Waals surface area contributed by atoms with Gasteiger partial charge in [0.2, 0.25) is 0 Å². The highest BCUT2D eigenvalue weighted by molar-refractivity contribution is 9.11. The number of methoxy groups -OCH3 is 1. The van der Waals surface area contributed by atoms with Gasteiger partial charge in [-0.2, -0.15) is 5.10 Å². The summed E-state index contributed by atoms with van der Waals surface area (Å²) in [6, 6.07) is 18.6. The van der Waals surface area contributed by atoms with Gasteiger partial charge >= 0.3 is 0 Å². The number of halogens is 2. The number of hydrazone groups is 1. The molecule has 3 rings (SSSR count). The summed E-state index contributed by atoms with van der Waals surface area (Å²) >= 11 is 6.87. The first-order valence-corrected chi connectivity index (χ1v) is 11.4. The summed E-state index contributed by atoms with van der Waals surface area (Å²) in [5.74, 6) is 1.31. The van der Waals surface area contributed by atoms with Crippen LogP contribution in [0.25, 0.3) is 0 Å². The van der Waals surface area contributed by atoms with Crippen molar-refractivity contribution in [1.29, 1.82) is 0 Å². The van der Waals surface area contributed by atoms with E-state index < -0.39 is 0 Å². The molecule has 0 bridgehead atoms. The fourth-order valence-corrected chi connectivity index (χ4v) is 4.31. The number of carbonyl (C=O) groups excluding carboxylic acids is 1. The lowest BCUT2D eigenvalue weighted by atomic mass is 10.2. The second-order valence-corrected chi connectivity index (χ2v) is 8.35. The molecule has 1 amide bonds. The number of benzene rings is 3. The van der Waals surface area contributed by atoms with E-state index in [0.717, 1.165) is 14.5 Å². The predicted molar refractivity (Wildman–Crippen MR) is 132 cm³/mol. The third-order valence-electron chi connectivity index (χ3n) is 4.35. The minimum atomic E-state index is -0.371. The van der Waals surface area contributed by atoms with E-state index in [0.29, 0.717) is 41.6 Å².